The molecule has 174 valence electrons. The van der Waals surface area contributed by atoms with Crippen molar-refractivity contribution < 1.29 is 4.79 Å². The van der Waals surface area contributed by atoms with Crippen molar-refractivity contribution in [3.63, 3.8) is 0 Å². The van der Waals surface area contributed by atoms with Gasteiger partial charge in [-0.15, -0.1) is 5.92 Å². The van der Waals surface area contributed by atoms with Crippen LogP contribution in [-0.4, -0.2) is 82.2 Å². The first kappa shape index (κ1) is 22.0. The van der Waals surface area contributed by atoms with Crippen LogP contribution in [0, 0.1) is 23.2 Å². The van der Waals surface area contributed by atoms with E-state index in [4.69, 9.17) is 16.0 Å². The number of nitriles is 1. The number of carbonyl (C=O) groups excluding carboxylic acids is 1. The lowest BCUT2D eigenvalue weighted by molar-refractivity contribution is -0.130. The number of hydrogen-bond donors (Lipinski definition) is 1. The lowest BCUT2D eigenvalue weighted by Crippen LogP contribution is -2.58. The Hall–Kier alpha value is -3.82. The van der Waals surface area contributed by atoms with Gasteiger partial charge in [0.1, 0.15) is 11.9 Å². The van der Waals surface area contributed by atoms with Gasteiger partial charge in [0.25, 0.3) is 5.91 Å². The number of aliphatic imine (C=N–C) groups is 2. The first-order chi connectivity index (χ1) is 16.6. The summed E-state index contributed by atoms with van der Waals surface area (Å²) in [6, 6.07) is 9.01. The highest BCUT2D eigenvalue weighted by Gasteiger charge is 2.44. The van der Waals surface area contributed by atoms with Gasteiger partial charge in [-0.3, -0.25) is 19.6 Å². The van der Waals surface area contributed by atoms with Gasteiger partial charge in [-0.2, -0.15) is 10.3 Å². The molecule has 0 radical (unpaired) electrons. The van der Waals surface area contributed by atoms with Crippen LogP contribution in [0.3, 0.4) is 0 Å². The number of nitrogens with zero attached hydrogens (tertiary/aromatic N) is 7. The SMILES string of the molecule is CC#CCN1C(N2CCCC(N)C2)=NC2=CC1C(=O)N(Cc1ccc(C#N)cc1)C1=NCCN21. The zero-order valence-corrected chi connectivity index (χ0v) is 19.3. The van der Waals surface area contributed by atoms with E-state index in [1.807, 2.05) is 28.0 Å². The predicted molar refractivity (Wildman–Crippen MR) is 129 cm³/mol. The summed E-state index contributed by atoms with van der Waals surface area (Å²) >= 11 is 0. The number of fused-ring (bicyclic) bond motifs is 3. The Labute approximate surface area is 199 Å². The zero-order valence-electron chi connectivity index (χ0n) is 19.3. The maximum Gasteiger partial charge on any atom is 0.256 e. The molecule has 9 nitrogen and oxygen atoms in total. The van der Waals surface area contributed by atoms with E-state index in [2.05, 4.69) is 27.8 Å². The van der Waals surface area contributed by atoms with E-state index < -0.39 is 6.04 Å². The van der Waals surface area contributed by atoms with Crippen LogP contribution in [0.2, 0.25) is 0 Å². The molecule has 2 unspecified atom stereocenters. The predicted octanol–water partition coefficient (Wildman–Crippen LogP) is 0.900. The van der Waals surface area contributed by atoms with Gasteiger partial charge < -0.3 is 15.5 Å². The fourth-order valence-corrected chi connectivity index (χ4v) is 4.85. The summed E-state index contributed by atoms with van der Waals surface area (Å²) in [7, 11) is 0. The molecule has 0 aromatic heterocycles. The number of piperidine rings is 1. The third-order valence-electron chi connectivity index (χ3n) is 6.56. The number of benzene rings is 1. The van der Waals surface area contributed by atoms with Gasteiger partial charge in [0.05, 0.1) is 31.3 Å². The maximum atomic E-state index is 14.0. The number of rotatable bonds is 3. The zero-order chi connectivity index (χ0) is 23.7. The fourth-order valence-electron chi connectivity index (χ4n) is 4.85. The van der Waals surface area contributed by atoms with Gasteiger partial charge in [-0.1, -0.05) is 18.1 Å². The highest BCUT2D eigenvalue weighted by atomic mass is 16.2. The van der Waals surface area contributed by atoms with Crippen LogP contribution in [-0.2, 0) is 11.3 Å². The molecular formula is C25H28N8O. The average molecular weight is 457 g/mol. The highest BCUT2D eigenvalue weighted by Crippen LogP contribution is 2.29. The Kier molecular flexibility index (Phi) is 5.95. The van der Waals surface area contributed by atoms with Crippen LogP contribution < -0.4 is 5.73 Å². The van der Waals surface area contributed by atoms with Crippen molar-refractivity contribution in [2.45, 2.75) is 38.4 Å². The molecule has 0 aliphatic carbocycles. The normalized spacial score (nSPS) is 23.8. The minimum Gasteiger partial charge on any atom is -0.341 e. The van der Waals surface area contributed by atoms with Crippen LogP contribution in [0.1, 0.15) is 30.9 Å². The summed E-state index contributed by atoms with van der Waals surface area (Å²) in [5, 5.41) is 9.12. The van der Waals surface area contributed by atoms with Gasteiger partial charge in [-0.25, -0.2) is 0 Å². The topological polar surface area (TPSA) is 105 Å². The van der Waals surface area contributed by atoms with Gasteiger partial charge in [0, 0.05) is 25.7 Å². The second-order valence-electron chi connectivity index (χ2n) is 8.85. The van der Waals surface area contributed by atoms with Gasteiger partial charge in [-0.05, 0) is 43.5 Å². The quantitative estimate of drug-likeness (QED) is 0.678. The largest absolute Gasteiger partial charge is 0.341 e. The monoisotopic (exact) mass is 456 g/mol. The number of carbonyl (C=O) groups is 1. The van der Waals surface area contributed by atoms with E-state index >= 15 is 0 Å². The Balaban J connectivity index is 1.51. The number of nitrogens with two attached hydrogens (primary N) is 1. The van der Waals surface area contributed by atoms with E-state index in [9.17, 15) is 4.79 Å². The summed E-state index contributed by atoms with van der Waals surface area (Å²) < 4.78 is 0. The second-order valence-corrected chi connectivity index (χ2v) is 8.85. The molecule has 4 aliphatic heterocycles. The van der Waals surface area contributed by atoms with E-state index in [0.29, 0.717) is 44.2 Å². The molecule has 5 rings (SSSR count). The molecule has 2 bridgehead atoms. The smallest absolute Gasteiger partial charge is 0.256 e. The number of hydrogen-bond acceptors (Lipinski definition) is 8. The van der Waals surface area contributed by atoms with Crippen LogP contribution >= 0.6 is 0 Å². The van der Waals surface area contributed by atoms with Crippen molar-refractivity contribution in [1.82, 2.24) is 19.6 Å². The standard InChI is InChI=1S/C25H28N8O/c1-2-3-12-31-21-14-22(29-25(31)30-11-4-5-20(27)17-30)32-13-10-28-24(32)33(23(21)34)16-19-8-6-18(15-26)7-9-19/h6-9,14,20-21H,4-5,10-13,16-17,27H2,1H3. The average Bonchev–Trinajstić information content (AvgIpc) is 3.32. The van der Waals surface area contributed by atoms with Crippen LogP contribution in [0.4, 0.5) is 0 Å². The molecule has 2 atom stereocenters. The molecule has 34 heavy (non-hydrogen) atoms. The van der Waals surface area contributed by atoms with Gasteiger partial charge in [0.15, 0.2) is 0 Å². The summed E-state index contributed by atoms with van der Waals surface area (Å²) in [4.78, 5) is 31.7. The lowest BCUT2D eigenvalue weighted by Gasteiger charge is -2.41. The summed E-state index contributed by atoms with van der Waals surface area (Å²) in [5.74, 6) is 8.18. The Bertz CT molecular complexity index is 1170. The van der Waals surface area contributed by atoms with Crippen molar-refractivity contribution in [3.8, 4) is 17.9 Å². The molecule has 9 heteroatoms. The molecule has 1 aromatic rings. The van der Waals surface area contributed by atoms with E-state index in [1.165, 1.54) is 0 Å². The van der Waals surface area contributed by atoms with Crippen LogP contribution in [0.15, 0.2) is 46.1 Å². The third kappa shape index (κ3) is 4.00. The fraction of sp³-hybridized carbons (Fsp3) is 0.440. The summed E-state index contributed by atoms with van der Waals surface area (Å²) in [6.45, 7) is 5.42. The van der Waals surface area contributed by atoms with E-state index in [1.54, 1.807) is 24.0 Å². The second kappa shape index (κ2) is 9.20. The lowest BCUT2D eigenvalue weighted by atomic mass is 10.1. The molecule has 0 spiro atoms. The van der Waals surface area contributed by atoms with E-state index in [0.717, 1.165) is 36.7 Å². The minimum absolute atomic E-state index is 0.0587. The third-order valence-corrected chi connectivity index (χ3v) is 6.56. The number of amides is 1. The molecule has 1 aromatic carbocycles. The number of guanidine groups is 2. The first-order valence-corrected chi connectivity index (χ1v) is 11.7. The molecule has 0 saturated carbocycles. The van der Waals surface area contributed by atoms with E-state index in [-0.39, 0.29) is 11.9 Å². The van der Waals surface area contributed by atoms with Crippen LogP contribution in [0.25, 0.3) is 0 Å². The summed E-state index contributed by atoms with van der Waals surface area (Å²) in [6.07, 6.45) is 3.92. The molecule has 4 heterocycles. The minimum atomic E-state index is -0.534. The van der Waals surface area contributed by atoms with Crippen molar-refractivity contribution in [2.24, 2.45) is 15.7 Å². The van der Waals surface area contributed by atoms with Crippen molar-refractivity contribution in [3.05, 3.63) is 47.3 Å². The Morgan fingerprint density at radius 2 is 2.03 bits per heavy atom. The molecule has 1 fully saturated rings. The number of likely N-dealkylation sites (tertiary alicyclic amines) is 1. The molecule has 2 N–H and O–H groups in total. The van der Waals surface area contributed by atoms with Crippen molar-refractivity contribution in [1.29, 1.82) is 5.26 Å². The van der Waals surface area contributed by atoms with Crippen molar-refractivity contribution >= 4 is 17.8 Å². The maximum absolute atomic E-state index is 14.0. The Morgan fingerprint density at radius 3 is 2.76 bits per heavy atom. The first-order valence-electron chi connectivity index (χ1n) is 11.7. The molecule has 1 amide bonds. The molecule has 1 saturated heterocycles. The summed E-state index contributed by atoms with van der Waals surface area (Å²) in [5.41, 5.74) is 7.81. The van der Waals surface area contributed by atoms with Crippen LogP contribution in [0.5, 0.6) is 0 Å². The highest BCUT2D eigenvalue weighted by molar-refractivity contribution is 6.05. The van der Waals surface area contributed by atoms with Gasteiger partial charge in [0.2, 0.25) is 11.9 Å². The van der Waals surface area contributed by atoms with Gasteiger partial charge >= 0.3 is 0 Å². The Morgan fingerprint density at radius 1 is 1.21 bits per heavy atom. The molecular weight excluding hydrogens is 428 g/mol. The molecule has 4 aliphatic rings. The van der Waals surface area contributed by atoms with Crippen molar-refractivity contribution in [2.75, 3.05) is 32.7 Å².